The molecule has 5 nitrogen and oxygen atoms in total. The Bertz CT molecular complexity index is 599. The molecule has 0 spiro atoms. The van der Waals surface area contributed by atoms with E-state index in [0.29, 0.717) is 6.54 Å². The van der Waals surface area contributed by atoms with Gasteiger partial charge < -0.3 is 10.6 Å². The number of piperazine rings is 1. The summed E-state index contributed by atoms with van der Waals surface area (Å²) in [5.74, 6) is 0. The van der Waals surface area contributed by atoms with Gasteiger partial charge in [-0.2, -0.15) is 5.10 Å². The Morgan fingerprint density at radius 3 is 2.59 bits per heavy atom. The first kappa shape index (κ1) is 15.1. The summed E-state index contributed by atoms with van der Waals surface area (Å²) in [6.45, 7) is 8.91. The van der Waals surface area contributed by atoms with Crippen LogP contribution in [0.25, 0.3) is 0 Å². The minimum Gasteiger partial charge on any atom is -0.369 e. The Balaban J connectivity index is 1.58. The first-order chi connectivity index (χ1) is 10.8. The molecule has 0 atom stereocenters. The second kappa shape index (κ2) is 6.94. The van der Waals surface area contributed by atoms with Crippen molar-refractivity contribution in [2.24, 2.45) is 5.73 Å². The average molecular weight is 299 g/mol. The number of anilines is 1. The second-order valence-corrected chi connectivity index (χ2v) is 5.80. The summed E-state index contributed by atoms with van der Waals surface area (Å²) in [5.41, 5.74) is 9.69. The maximum absolute atomic E-state index is 5.86. The van der Waals surface area contributed by atoms with E-state index in [1.54, 1.807) is 0 Å². The third-order valence-corrected chi connectivity index (χ3v) is 4.34. The minimum absolute atomic E-state index is 0.604. The highest BCUT2D eigenvalue weighted by Crippen LogP contribution is 2.21. The zero-order chi connectivity index (χ0) is 15.4. The molecule has 1 aliphatic rings. The van der Waals surface area contributed by atoms with Crippen LogP contribution in [0.5, 0.6) is 0 Å². The van der Waals surface area contributed by atoms with E-state index >= 15 is 0 Å². The molecule has 2 N–H and O–H groups in total. The van der Waals surface area contributed by atoms with Gasteiger partial charge in [-0.3, -0.25) is 9.58 Å². The van der Waals surface area contributed by atoms with E-state index in [0.717, 1.165) is 39.3 Å². The molecule has 1 aromatic carbocycles. The first-order valence-corrected chi connectivity index (χ1v) is 8.06. The predicted molar refractivity (Wildman–Crippen MR) is 89.7 cm³/mol. The monoisotopic (exact) mass is 299 g/mol. The maximum Gasteiger partial charge on any atom is 0.0534 e. The standard InChI is InChI=1S/C17H25N5/c1-2-22-14-15(12-19-22)13-20-7-9-21(10-8-20)17-6-4-3-5-16(17)11-18/h3-6,12,14H,2,7-11,13,18H2,1H3. The van der Waals surface area contributed by atoms with Gasteiger partial charge in [-0.15, -0.1) is 0 Å². The van der Waals surface area contributed by atoms with Crippen molar-refractivity contribution in [2.45, 2.75) is 26.6 Å². The lowest BCUT2D eigenvalue weighted by Crippen LogP contribution is -2.46. The molecule has 5 heteroatoms. The van der Waals surface area contributed by atoms with Gasteiger partial charge in [0.15, 0.2) is 0 Å². The largest absolute Gasteiger partial charge is 0.369 e. The van der Waals surface area contributed by atoms with Crippen molar-refractivity contribution in [2.75, 3.05) is 31.1 Å². The quantitative estimate of drug-likeness (QED) is 0.913. The van der Waals surface area contributed by atoms with Crippen LogP contribution < -0.4 is 10.6 Å². The van der Waals surface area contributed by atoms with Crippen molar-refractivity contribution in [1.82, 2.24) is 14.7 Å². The van der Waals surface area contributed by atoms with Crippen LogP contribution in [-0.2, 0) is 19.6 Å². The topological polar surface area (TPSA) is 50.3 Å². The van der Waals surface area contributed by atoms with E-state index in [2.05, 4.69) is 52.3 Å². The van der Waals surface area contributed by atoms with Crippen LogP contribution in [0.15, 0.2) is 36.7 Å². The van der Waals surface area contributed by atoms with Gasteiger partial charge in [0, 0.05) is 63.3 Å². The highest BCUT2D eigenvalue weighted by atomic mass is 15.3. The molecule has 2 aromatic rings. The summed E-state index contributed by atoms with van der Waals surface area (Å²) >= 11 is 0. The van der Waals surface area contributed by atoms with Crippen molar-refractivity contribution >= 4 is 5.69 Å². The summed E-state index contributed by atoms with van der Waals surface area (Å²) in [5, 5.41) is 4.35. The molecule has 2 heterocycles. The van der Waals surface area contributed by atoms with Crippen LogP contribution in [0, 0.1) is 0 Å². The van der Waals surface area contributed by atoms with Crippen molar-refractivity contribution in [3.8, 4) is 0 Å². The lowest BCUT2D eigenvalue weighted by molar-refractivity contribution is 0.249. The van der Waals surface area contributed by atoms with E-state index in [1.807, 2.05) is 10.9 Å². The Morgan fingerprint density at radius 2 is 1.91 bits per heavy atom. The second-order valence-electron chi connectivity index (χ2n) is 5.80. The van der Waals surface area contributed by atoms with Crippen LogP contribution in [0.1, 0.15) is 18.1 Å². The molecule has 1 saturated heterocycles. The molecule has 0 radical (unpaired) electrons. The predicted octanol–water partition coefficient (Wildman–Crippen LogP) is 1.68. The van der Waals surface area contributed by atoms with Gasteiger partial charge in [-0.1, -0.05) is 18.2 Å². The molecule has 0 aliphatic carbocycles. The van der Waals surface area contributed by atoms with Crippen LogP contribution in [0.3, 0.4) is 0 Å². The molecule has 3 rings (SSSR count). The fourth-order valence-corrected chi connectivity index (χ4v) is 3.06. The Hall–Kier alpha value is -1.85. The smallest absolute Gasteiger partial charge is 0.0534 e. The van der Waals surface area contributed by atoms with E-state index < -0.39 is 0 Å². The lowest BCUT2D eigenvalue weighted by Gasteiger charge is -2.36. The highest BCUT2D eigenvalue weighted by Gasteiger charge is 2.19. The highest BCUT2D eigenvalue weighted by molar-refractivity contribution is 5.54. The summed E-state index contributed by atoms with van der Waals surface area (Å²) in [7, 11) is 0. The van der Waals surface area contributed by atoms with Crippen LogP contribution >= 0.6 is 0 Å². The summed E-state index contributed by atoms with van der Waals surface area (Å²) in [6, 6.07) is 8.47. The van der Waals surface area contributed by atoms with Crippen molar-refractivity contribution in [3.63, 3.8) is 0 Å². The van der Waals surface area contributed by atoms with Gasteiger partial charge in [-0.05, 0) is 18.6 Å². The van der Waals surface area contributed by atoms with E-state index in [-0.39, 0.29) is 0 Å². The van der Waals surface area contributed by atoms with Crippen LogP contribution in [0.2, 0.25) is 0 Å². The lowest BCUT2D eigenvalue weighted by atomic mass is 10.1. The molecule has 1 fully saturated rings. The number of hydrogen-bond donors (Lipinski definition) is 1. The van der Waals surface area contributed by atoms with Crippen molar-refractivity contribution in [1.29, 1.82) is 0 Å². The molecule has 0 unspecified atom stereocenters. The number of aryl methyl sites for hydroxylation is 1. The fourth-order valence-electron chi connectivity index (χ4n) is 3.06. The van der Waals surface area contributed by atoms with Gasteiger partial charge >= 0.3 is 0 Å². The number of nitrogens with two attached hydrogens (primary N) is 1. The molecule has 1 aliphatic heterocycles. The SMILES string of the molecule is CCn1cc(CN2CCN(c3ccccc3CN)CC2)cn1. The number of hydrogen-bond acceptors (Lipinski definition) is 4. The number of para-hydroxylation sites is 1. The molecular weight excluding hydrogens is 274 g/mol. The minimum atomic E-state index is 0.604. The zero-order valence-corrected chi connectivity index (χ0v) is 13.3. The van der Waals surface area contributed by atoms with E-state index in [4.69, 9.17) is 5.73 Å². The fraction of sp³-hybridized carbons (Fsp3) is 0.471. The van der Waals surface area contributed by atoms with Gasteiger partial charge in [0.2, 0.25) is 0 Å². The molecule has 0 bridgehead atoms. The number of nitrogens with zero attached hydrogens (tertiary/aromatic N) is 4. The van der Waals surface area contributed by atoms with Gasteiger partial charge in [0.1, 0.15) is 0 Å². The van der Waals surface area contributed by atoms with Gasteiger partial charge in [0.05, 0.1) is 6.20 Å². The van der Waals surface area contributed by atoms with E-state index in [9.17, 15) is 0 Å². The summed E-state index contributed by atoms with van der Waals surface area (Å²) in [4.78, 5) is 4.95. The molecule has 0 amide bonds. The number of benzene rings is 1. The van der Waals surface area contributed by atoms with E-state index in [1.165, 1.54) is 16.8 Å². The maximum atomic E-state index is 5.86. The first-order valence-electron chi connectivity index (χ1n) is 8.06. The molecule has 1 aromatic heterocycles. The molecule has 22 heavy (non-hydrogen) atoms. The third-order valence-electron chi connectivity index (χ3n) is 4.34. The third kappa shape index (κ3) is 3.31. The summed E-state index contributed by atoms with van der Waals surface area (Å²) in [6.07, 6.45) is 4.13. The van der Waals surface area contributed by atoms with Gasteiger partial charge in [0.25, 0.3) is 0 Å². The number of rotatable bonds is 5. The zero-order valence-electron chi connectivity index (χ0n) is 13.3. The Labute approximate surface area is 132 Å². The average Bonchev–Trinajstić information content (AvgIpc) is 3.03. The molecule has 118 valence electrons. The van der Waals surface area contributed by atoms with Crippen LogP contribution in [-0.4, -0.2) is 40.9 Å². The summed E-state index contributed by atoms with van der Waals surface area (Å²) < 4.78 is 1.99. The molecular formula is C17H25N5. The normalized spacial score (nSPS) is 16.2. The van der Waals surface area contributed by atoms with Crippen molar-refractivity contribution in [3.05, 3.63) is 47.8 Å². The van der Waals surface area contributed by atoms with Crippen LogP contribution in [0.4, 0.5) is 5.69 Å². The van der Waals surface area contributed by atoms with Crippen molar-refractivity contribution < 1.29 is 0 Å². The Morgan fingerprint density at radius 1 is 1.14 bits per heavy atom. The number of aromatic nitrogens is 2. The Kier molecular flexibility index (Phi) is 4.75. The van der Waals surface area contributed by atoms with Gasteiger partial charge in [-0.25, -0.2) is 0 Å². The molecule has 0 saturated carbocycles.